The molecule has 116 valence electrons. The van der Waals surface area contributed by atoms with Crippen LogP contribution in [0.1, 0.15) is 15.9 Å². The molecule has 0 saturated carbocycles. The molecule has 2 aromatic rings. The quantitative estimate of drug-likeness (QED) is 0.875. The fourth-order valence-corrected chi connectivity index (χ4v) is 1.99. The van der Waals surface area contributed by atoms with Gasteiger partial charge in [-0.1, -0.05) is 12.1 Å². The SMILES string of the molecule is COC(=O)c1ccccc1NC(=O)N(C)Cc1cnn(C)c1. The first kappa shape index (κ1) is 15.6. The fraction of sp³-hybridized carbons (Fsp3) is 0.267. The number of carbonyl (C=O) groups excluding carboxylic acids is 2. The molecular formula is C15H18N4O3. The average Bonchev–Trinajstić information content (AvgIpc) is 2.92. The average molecular weight is 302 g/mol. The summed E-state index contributed by atoms with van der Waals surface area (Å²) in [4.78, 5) is 25.4. The normalized spacial score (nSPS) is 10.1. The molecule has 0 aliphatic rings. The van der Waals surface area contributed by atoms with Crippen molar-refractivity contribution in [2.24, 2.45) is 7.05 Å². The molecule has 0 aliphatic heterocycles. The van der Waals surface area contributed by atoms with Gasteiger partial charge in [-0.25, -0.2) is 9.59 Å². The minimum absolute atomic E-state index is 0.313. The minimum atomic E-state index is -0.495. The molecule has 1 N–H and O–H groups in total. The van der Waals surface area contributed by atoms with E-state index in [4.69, 9.17) is 4.74 Å². The third kappa shape index (κ3) is 3.63. The Hall–Kier alpha value is -2.83. The number of methoxy groups -OCH3 is 1. The van der Waals surface area contributed by atoms with Gasteiger partial charge < -0.3 is 15.0 Å². The van der Waals surface area contributed by atoms with Gasteiger partial charge in [-0.15, -0.1) is 0 Å². The van der Waals surface area contributed by atoms with Crippen LogP contribution in [0.25, 0.3) is 0 Å². The van der Waals surface area contributed by atoms with Gasteiger partial charge in [-0.2, -0.15) is 5.10 Å². The summed E-state index contributed by atoms with van der Waals surface area (Å²) in [5.41, 5.74) is 1.65. The molecule has 0 radical (unpaired) electrons. The van der Waals surface area contributed by atoms with E-state index in [9.17, 15) is 9.59 Å². The molecule has 2 rings (SSSR count). The molecule has 1 aromatic heterocycles. The van der Waals surface area contributed by atoms with Crippen LogP contribution >= 0.6 is 0 Å². The highest BCUT2D eigenvalue weighted by Gasteiger charge is 2.15. The number of nitrogens with one attached hydrogen (secondary N) is 1. The molecule has 7 heteroatoms. The number of hydrogen-bond donors (Lipinski definition) is 1. The number of para-hydroxylation sites is 1. The van der Waals surface area contributed by atoms with E-state index < -0.39 is 5.97 Å². The standard InChI is InChI=1S/C15H18N4O3/c1-18(9-11-8-16-19(2)10-11)15(21)17-13-7-5-4-6-12(13)14(20)22-3/h4-8,10H,9H2,1-3H3,(H,17,21). The van der Waals surface area contributed by atoms with Crippen molar-refractivity contribution in [3.8, 4) is 0 Å². The lowest BCUT2D eigenvalue weighted by Gasteiger charge is -2.18. The Labute approximate surface area is 128 Å². The maximum atomic E-state index is 12.2. The maximum Gasteiger partial charge on any atom is 0.339 e. The van der Waals surface area contributed by atoms with Crippen LogP contribution in [0.15, 0.2) is 36.7 Å². The number of benzene rings is 1. The summed E-state index contributed by atoms with van der Waals surface area (Å²) in [5, 5.41) is 6.77. The summed E-state index contributed by atoms with van der Waals surface area (Å²) in [5.74, 6) is -0.495. The van der Waals surface area contributed by atoms with Gasteiger partial charge >= 0.3 is 12.0 Å². The number of aryl methyl sites for hydroxylation is 1. The molecule has 0 bridgehead atoms. The Bertz CT molecular complexity index is 681. The summed E-state index contributed by atoms with van der Waals surface area (Å²) in [6, 6.07) is 6.38. The van der Waals surface area contributed by atoms with Gasteiger partial charge in [-0.05, 0) is 12.1 Å². The molecular weight excluding hydrogens is 284 g/mol. The van der Waals surface area contributed by atoms with Crippen molar-refractivity contribution in [2.45, 2.75) is 6.54 Å². The van der Waals surface area contributed by atoms with E-state index in [2.05, 4.69) is 10.4 Å². The predicted octanol–water partition coefficient (Wildman–Crippen LogP) is 1.87. The monoisotopic (exact) mass is 302 g/mol. The second-order valence-corrected chi connectivity index (χ2v) is 4.85. The van der Waals surface area contributed by atoms with Crippen molar-refractivity contribution in [1.29, 1.82) is 0 Å². The van der Waals surface area contributed by atoms with Crippen LogP contribution in [-0.4, -0.2) is 40.8 Å². The zero-order valence-corrected chi connectivity index (χ0v) is 12.7. The van der Waals surface area contributed by atoms with Gasteiger partial charge in [0.1, 0.15) is 0 Å². The smallest absolute Gasteiger partial charge is 0.339 e. The first-order valence-corrected chi connectivity index (χ1v) is 6.68. The molecule has 7 nitrogen and oxygen atoms in total. The topological polar surface area (TPSA) is 76.5 Å². The van der Waals surface area contributed by atoms with Crippen molar-refractivity contribution < 1.29 is 14.3 Å². The van der Waals surface area contributed by atoms with Crippen LogP contribution in [0.4, 0.5) is 10.5 Å². The summed E-state index contributed by atoms with van der Waals surface area (Å²) >= 11 is 0. The van der Waals surface area contributed by atoms with Crippen molar-refractivity contribution in [3.05, 3.63) is 47.8 Å². The predicted molar refractivity (Wildman–Crippen MR) is 81.5 cm³/mol. The summed E-state index contributed by atoms with van der Waals surface area (Å²) in [6.45, 7) is 0.417. The van der Waals surface area contributed by atoms with Gasteiger partial charge in [0.05, 0.1) is 31.1 Å². The van der Waals surface area contributed by atoms with E-state index in [1.807, 2.05) is 13.2 Å². The highest BCUT2D eigenvalue weighted by molar-refractivity contribution is 6.00. The highest BCUT2D eigenvalue weighted by atomic mass is 16.5. The van der Waals surface area contributed by atoms with Crippen molar-refractivity contribution >= 4 is 17.7 Å². The number of rotatable bonds is 4. The van der Waals surface area contributed by atoms with Crippen molar-refractivity contribution in [3.63, 3.8) is 0 Å². The van der Waals surface area contributed by atoms with Crippen LogP contribution in [0.2, 0.25) is 0 Å². The van der Waals surface area contributed by atoms with Gasteiger partial charge in [0.2, 0.25) is 0 Å². The summed E-state index contributed by atoms with van der Waals surface area (Å²) in [6.07, 6.45) is 3.54. The molecule has 1 aromatic carbocycles. The van der Waals surface area contributed by atoms with Crippen LogP contribution < -0.4 is 5.32 Å². The molecule has 0 atom stereocenters. The molecule has 2 amide bonds. The van der Waals surface area contributed by atoms with Crippen LogP contribution in [0.5, 0.6) is 0 Å². The number of nitrogens with zero attached hydrogens (tertiary/aromatic N) is 3. The van der Waals surface area contributed by atoms with Crippen molar-refractivity contribution in [1.82, 2.24) is 14.7 Å². The Kier molecular flexibility index (Phi) is 4.77. The van der Waals surface area contributed by atoms with E-state index in [0.717, 1.165) is 5.56 Å². The minimum Gasteiger partial charge on any atom is -0.465 e. The number of anilines is 1. The molecule has 22 heavy (non-hydrogen) atoms. The van der Waals surface area contributed by atoms with Crippen molar-refractivity contribution in [2.75, 3.05) is 19.5 Å². The second kappa shape index (κ2) is 6.75. The third-order valence-corrected chi connectivity index (χ3v) is 3.10. The lowest BCUT2D eigenvalue weighted by molar-refractivity contribution is 0.0602. The van der Waals surface area contributed by atoms with Gasteiger partial charge in [0, 0.05) is 25.9 Å². The number of urea groups is 1. The first-order valence-electron chi connectivity index (χ1n) is 6.68. The Morgan fingerprint density at radius 1 is 1.36 bits per heavy atom. The molecule has 1 heterocycles. The number of amides is 2. The van der Waals surface area contributed by atoms with E-state index in [-0.39, 0.29) is 6.03 Å². The zero-order valence-electron chi connectivity index (χ0n) is 12.7. The van der Waals surface area contributed by atoms with E-state index in [1.165, 1.54) is 12.0 Å². The largest absolute Gasteiger partial charge is 0.465 e. The zero-order chi connectivity index (χ0) is 16.1. The van der Waals surface area contributed by atoms with E-state index in [0.29, 0.717) is 17.8 Å². The lowest BCUT2D eigenvalue weighted by atomic mass is 10.2. The fourth-order valence-electron chi connectivity index (χ4n) is 1.99. The van der Waals surface area contributed by atoms with Crippen LogP contribution in [0, 0.1) is 0 Å². The van der Waals surface area contributed by atoms with E-state index >= 15 is 0 Å². The Morgan fingerprint density at radius 2 is 2.09 bits per heavy atom. The molecule has 0 aliphatic carbocycles. The van der Waals surface area contributed by atoms with Gasteiger partial charge in [-0.3, -0.25) is 4.68 Å². The summed E-state index contributed by atoms with van der Waals surface area (Å²) in [7, 11) is 4.79. The van der Waals surface area contributed by atoms with Gasteiger partial charge in [0.15, 0.2) is 0 Å². The number of aromatic nitrogens is 2. The number of hydrogen-bond acceptors (Lipinski definition) is 4. The van der Waals surface area contributed by atoms with Gasteiger partial charge in [0.25, 0.3) is 0 Å². The number of ether oxygens (including phenoxy) is 1. The molecule has 0 unspecified atom stereocenters. The molecule has 0 spiro atoms. The lowest BCUT2D eigenvalue weighted by Crippen LogP contribution is -2.31. The highest BCUT2D eigenvalue weighted by Crippen LogP contribution is 2.16. The number of esters is 1. The third-order valence-electron chi connectivity index (χ3n) is 3.10. The Morgan fingerprint density at radius 3 is 2.73 bits per heavy atom. The molecule has 0 saturated heterocycles. The first-order chi connectivity index (χ1) is 10.5. The van der Waals surface area contributed by atoms with Crippen LogP contribution in [-0.2, 0) is 18.3 Å². The maximum absolute atomic E-state index is 12.2. The van der Waals surface area contributed by atoms with Crippen LogP contribution in [0.3, 0.4) is 0 Å². The Balaban J connectivity index is 2.07. The second-order valence-electron chi connectivity index (χ2n) is 4.85. The number of carbonyl (C=O) groups is 2. The summed E-state index contributed by atoms with van der Waals surface area (Å²) < 4.78 is 6.38. The van der Waals surface area contributed by atoms with E-state index in [1.54, 1.807) is 42.2 Å². The molecule has 0 fully saturated rings.